The number of piperidine rings is 1. The predicted octanol–water partition coefficient (Wildman–Crippen LogP) is 2.67. The molecule has 3 heterocycles. The van der Waals surface area contributed by atoms with Gasteiger partial charge in [-0.2, -0.15) is 4.98 Å². The Morgan fingerprint density at radius 2 is 1.86 bits per heavy atom. The van der Waals surface area contributed by atoms with Crippen molar-refractivity contribution in [1.29, 1.82) is 0 Å². The van der Waals surface area contributed by atoms with Crippen LogP contribution in [-0.2, 0) is 10.2 Å². The van der Waals surface area contributed by atoms with Gasteiger partial charge in [-0.15, -0.1) is 0 Å². The van der Waals surface area contributed by atoms with Crippen LogP contribution in [0.5, 0.6) is 0 Å². The van der Waals surface area contributed by atoms with Gasteiger partial charge in [0.25, 0.3) is 0 Å². The predicted molar refractivity (Wildman–Crippen MR) is 113 cm³/mol. The molecule has 0 saturated carbocycles. The van der Waals surface area contributed by atoms with Crippen molar-refractivity contribution in [1.82, 2.24) is 15.3 Å². The second-order valence-electron chi connectivity index (χ2n) is 8.13. The largest absolute Gasteiger partial charge is 0.381 e. The van der Waals surface area contributed by atoms with Crippen molar-refractivity contribution < 1.29 is 4.74 Å². The zero-order chi connectivity index (χ0) is 19.4. The molecule has 0 atom stereocenters. The van der Waals surface area contributed by atoms with Crippen LogP contribution >= 0.6 is 0 Å². The van der Waals surface area contributed by atoms with Crippen molar-refractivity contribution in [3.8, 4) is 0 Å². The highest BCUT2D eigenvalue weighted by Gasteiger charge is 2.35. The summed E-state index contributed by atoms with van der Waals surface area (Å²) in [6.07, 6.45) is 4.40. The molecule has 0 aliphatic carbocycles. The van der Waals surface area contributed by atoms with Gasteiger partial charge in [0.15, 0.2) is 0 Å². The Morgan fingerprint density at radius 1 is 1.14 bits per heavy atom. The van der Waals surface area contributed by atoms with E-state index in [9.17, 15) is 0 Å². The van der Waals surface area contributed by atoms with E-state index in [0.29, 0.717) is 12.0 Å². The molecule has 4 rings (SSSR count). The van der Waals surface area contributed by atoms with Crippen LogP contribution in [0.2, 0.25) is 0 Å². The van der Waals surface area contributed by atoms with E-state index in [1.165, 1.54) is 5.56 Å². The second kappa shape index (κ2) is 8.45. The minimum Gasteiger partial charge on any atom is -0.381 e. The number of ether oxygens (including phenoxy) is 1. The molecule has 0 radical (unpaired) electrons. The maximum absolute atomic E-state index is 5.82. The van der Waals surface area contributed by atoms with Gasteiger partial charge in [0.05, 0.1) is 0 Å². The summed E-state index contributed by atoms with van der Waals surface area (Å²) in [7, 11) is 0. The zero-order valence-corrected chi connectivity index (χ0v) is 16.7. The van der Waals surface area contributed by atoms with Crippen molar-refractivity contribution >= 4 is 11.8 Å². The smallest absolute Gasteiger partial charge is 0.222 e. The van der Waals surface area contributed by atoms with Crippen molar-refractivity contribution in [3.63, 3.8) is 0 Å². The lowest BCUT2D eigenvalue weighted by Crippen LogP contribution is -2.49. The average Bonchev–Trinajstić information content (AvgIpc) is 2.73. The number of aryl methyl sites for hydroxylation is 1. The number of hydrogen-bond acceptors (Lipinski definition) is 6. The van der Waals surface area contributed by atoms with Gasteiger partial charge < -0.3 is 20.7 Å². The van der Waals surface area contributed by atoms with E-state index in [0.717, 1.165) is 70.0 Å². The molecule has 2 fully saturated rings. The molecular weight excluding hydrogens is 350 g/mol. The SMILES string of the molecule is Cc1cc(N2CCC(NCC3(c4ccccc4)CCOCC3)CC2)nc(N)n1. The van der Waals surface area contributed by atoms with Crippen LogP contribution in [0.1, 0.15) is 36.9 Å². The molecule has 150 valence electrons. The molecule has 2 saturated heterocycles. The highest BCUT2D eigenvalue weighted by atomic mass is 16.5. The van der Waals surface area contributed by atoms with Gasteiger partial charge in [-0.1, -0.05) is 30.3 Å². The molecule has 1 aromatic carbocycles. The van der Waals surface area contributed by atoms with E-state index in [1.54, 1.807) is 0 Å². The molecule has 3 N–H and O–H groups in total. The topological polar surface area (TPSA) is 76.3 Å². The molecular formula is C22H31N5O. The van der Waals surface area contributed by atoms with Gasteiger partial charge in [-0.05, 0) is 38.2 Å². The first kappa shape index (κ1) is 19.2. The zero-order valence-electron chi connectivity index (χ0n) is 16.7. The number of anilines is 2. The number of nitrogens with two attached hydrogens (primary N) is 1. The summed E-state index contributed by atoms with van der Waals surface area (Å²) >= 11 is 0. The first-order valence-electron chi connectivity index (χ1n) is 10.4. The van der Waals surface area contributed by atoms with Crippen LogP contribution in [0.15, 0.2) is 36.4 Å². The van der Waals surface area contributed by atoms with E-state index in [-0.39, 0.29) is 5.41 Å². The minimum absolute atomic E-state index is 0.189. The van der Waals surface area contributed by atoms with Crippen LogP contribution in [-0.4, -0.2) is 48.9 Å². The Morgan fingerprint density at radius 3 is 2.54 bits per heavy atom. The molecule has 6 nitrogen and oxygen atoms in total. The van der Waals surface area contributed by atoms with Crippen molar-refractivity contribution in [2.45, 2.75) is 44.1 Å². The van der Waals surface area contributed by atoms with Crippen molar-refractivity contribution in [3.05, 3.63) is 47.7 Å². The van der Waals surface area contributed by atoms with Gasteiger partial charge in [0.1, 0.15) is 5.82 Å². The third-order valence-corrected chi connectivity index (χ3v) is 6.24. The highest BCUT2D eigenvalue weighted by molar-refractivity contribution is 5.43. The summed E-state index contributed by atoms with van der Waals surface area (Å²) in [5.41, 5.74) is 8.37. The molecule has 0 unspecified atom stereocenters. The number of nitrogens with one attached hydrogen (secondary N) is 1. The van der Waals surface area contributed by atoms with Gasteiger partial charge >= 0.3 is 0 Å². The van der Waals surface area contributed by atoms with E-state index in [4.69, 9.17) is 10.5 Å². The molecule has 1 aromatic heterocycles. The Bertz CT molecular complexity index is 748. The second-order valence-corrected chi connectivity index (χ2v) is 8.13. The van der Waals surface area contributed by atoms with Gasteiger partial charge in [-0.25, -0.2) is 4.98 Å². The third kappa shape index (κ3) is 4.28. The Balaban J connectivity index is 1.36. The van der Waals surface area contributed by atoms with Crippen LogP contribution in [0.3, 0.4) is 0 Å². The summed E-state index contributed by atoms with van der Waals surface area (Å²) in [6, 6.07) is 13.5. The summed E-state index contributed by atoms with van der Waals surface area (Å²) in [5, 5.41) is 3.89. The first-order chi connectivity index (χ1) is 13.6. The highest BCUT2D eigenvalue weighted by Crippen LogP contribution is 2.34. The molecule has 2 aliphatic rings. The third-order valence-electron chi connectivity index (χ3n) is 6.24. The van der Waals surface area contributed by atoms with E-state index >= 15 is 0 Å². The maximum Gasteiger partial charge on any atom is 0.222 e. The van der Waals surface area contributed by atoms with E-state index in [1.807, 2.05) is 13.0 Å². The number of aromatic nitrogens is 2. The standard InChI is InChI=1S/C22H31N5O/c1-17-15-20(26-21(23)25-17)27-11-7-19(8-12-27)24-16-22(9-13-28-14-10-22)18-5-3-2-4-6-18/h2-6,15,19,24H,7-14,16H2,1H3,(H2,23,25,26). The summed E-state index contributed by atoms with van der Waals surface area (Å²) in [4.78, 5) is 10.9. The molecule has 6 heteroatoms. The fourth-order valence-electron chi connectivity index (χ4n) is 4.51. The van der Waals surface area contributed by atoms with E-state index in [2.05, 4.69) is 50.5 Å². The molecule has 0 amide bonds. The summed E-state index contributed by atoms with van der Waals surface area (Å²) in [5.74, 6) is 1.31. The molecule has 2 aromatic rings. The number of nitrogens with zero attached hydrogens (tertiary/aromatic N) is 3. The van der Waals surface area contributed by atoms with Crippen LogP contribution in [0.4, 0.5) is 11.8 Å². The van der Waals surface area contributed by atoms with Crippen molar-refractivity contribution in [2.75, 3.05) is 43.5 Å². The fourth-order valence-corrected chi connectivity index (χ4v) is 4.51. The lowest BCUT2D eigenvalue weighted by atomic mass is 9.74. The number of benzene rings is 1. The van der Waals surface area contributed by atoms with Gasteiger partial charge in [0, 0.05) is 56.1 Å². The minimum atomic E-state index is 0.189. The van der Waals surface area contributed by atoms with Crippen LogP contribution in [0.25, 0.3) is 0 Å². The van der Waals surface area contributed by atoms with Crippen LogP contribution < -0.4 is 16.0 Å². The Hall–Kier alpha value is -2.18. The lowest BCUT2D eigenvalue weighted by molar-refractivity contribution is 0.0485. The normalized spacial score (nSPS) is 20.2. The van der Waals surface area contributed by atoms with E-state index < -0.39 is 0 Å². The maximum atomic E-state index is 5.82. The van der Waals surface area contributed by atoms with Crippen molar-refractivity contribution in [2.24, 2.45) is 0 Å². The molecule has 0 spiro atoms. The lowest BCUT2D eigenvalue weighted by Gasteiger charge is -2.40. The fraction of sp³-hybridized carbons (Fsp3) is 0.545. The van der Waals surface area contributed by atoms with Gasteiger partial charge in [-0.3, -0.25) is 0 Å². The quantitative estimate of drug-likeness (QED) is 0.829. The number of rotatable bonds is 5. The monoisotopic (exact) mass is 381 g/mol. The first-order valence-corrected chi connectivity index (χ1v) is 10.4. The molecule has 28 heavy (non-hydrogen) atoms. The molecule has 0 bridgehead atoms. The summed E-state index contributed by atoms with van der Waals surface area (Å²) < 4.78 is 5.66. The number of nitrogen functional groups attached to an aromatic ring is 1. The Kier molecular flexibility index (Phi) is 5.78. The molecule has 2 aliphatic heterocycles. The Labute approximate surface area is 167 Å². The summed E-state index contributed by atoms with van der Waals surface area (Å²) in [6.45, 7) is 6.67. The van der Waals surface area contributed by atoms with Crippen LogP contribution in [0, 0.1) is 6.92 Å². The number of hydrogen-bond donors (Lipinski definition) is 2. The van der Waals surface area contributed by atoms with Gasteiger partial charge in [0.2, 0.25) is 5.95 Å². The average molecular weight is 382 g/mol.